The second-order valence-electron chi connectivity index (χ2n) is 4.44. The molecule has 2 rings (SSSR count). The van der Waals surface area contributed by atoms with Crippen molar-refractivity contribution in [3.8, 4) is 0 Å². The van der Waals surface area contributed by atoms with Gasteiger partial charge in [0.1, 0.15) is 0 Å². The molecule has 1 atom stereocenters. The van der Waals surface area contributed by atoms with Crippen LogP contribution in [0.1, 0.15) is 34.1 Å². The zero-order valence-corrected chi connectivity index (χ0v) is 11.1. The molecule has 0 fully saturated rings. The maximum Gasteiger partial charge on any atom is 0.0798 e. The molecule has 0 aliphatic carbocycles. The minimum atomic E-state index is -0.349. The first-order valence-electron chi connectivity index (χ1n) is 5.95. The van der Waals surface area contributed by atoms with Crippen LogP contribution < -0.4 is 0 Å². The number of aliphatic hydroxyl groups is 1. The number of aliphatic hydroxyl groups excluding tert-OH is 1. The summed E-state index contributed by atoms with van der Waals surface area (Å²) in [5.41, 5.74) is 3.47. The molecule has 0 aliphatic heterocycles. The molecule has 0 saturated heterocycles. The molecule has 2 heteroatoms. The molecule has 1 aromatic heterocycles. The summed E-state index contributed by atoms with van der Waals surface area (Å²) >= 11 is 1.76. The largest absolute Gasteiger partial charge is 0.388 e. The third-order valence-electron chi connectivity index (χ3n) is 3.12. The summed E-state index contributed by atoms with van der Waals surface area (Å²) in [6, 6.07) is 10.4. The van der Waals surface area contributed by atoms with Gasteiger partial charge in [-0.05, 0) is 54.8 Å². The number of benzene rings is 1. The van der Waals surface area contributed by atoms with Crippen LogP contribution in [0.5, 0.6) is 0 Å². The minimum Gasteiger partial charge on any atom is -0.388 e. The lowest BCUT2D eigenvalue weighted by Gasteiger charge is -2.16. The quantitative estimate of drug-likeness (QED) is 0.863. The van der Waals surface area contributed by atoms with Gasteiger partial charge in [0, 0.05) is 4.88 Å². The van der Waals surface area contributed by atoms with Crippen molar-refractivity contribution in [1.29, 1.82) is 0 Å². The lowest BCUT2D eigenvalue weighted by molar-refractivity contribution is 0.166. The van der Waals surface area contributed by atoms with E-state index in [4.69, 9.17) is 0 Å². The zero-order valence-electron chi connectivity index (χ0n) is 10.3. The van der Waals surface area contributed by atoms with Crippen molar-refractivity contribution in [3.63, 3.8) is 0 Å². The molecule has 1 aromatic carbocycles. The molecule has 1 unspecified atom stereocenters. The standard InChI is InChI=1S/C15H18OS/c1-11-5-3-6-12(2)15(11)14(16)9-8-13-7-4-10-17-13/h3-7,10,14,16H,8-9H2,1-2H3. The van der Waals surface area contributed by atoms with Crippen LogP contribution >= 0.6 is 11.3 Å². The van der Waals surface area contributed by atoms with Crippen LogP contribution in [0.15, 0.2) is 35.7 Å². The maximum atomic E-state index is 10.3. The lowest BCUT2D eigenvalue weighted by Crippen LogP contribution is -2.03. The van der Waals surface area contributed by atoms with E-state index in [9.17, 15) is 5.11 Å². The summed E-state index contributed by atoms with van der Waals surface area (Å²) in [7, 11) is 0. The highest BCUT2D eigenvalue weighted by molar-refractivity contribution is 7.09. The number of aryl methyl sites for hydroxylation is 3. The molecular weight excluding hydrogens is 228 g/mol. The van der Waals surface area contributed by atoms with Crippen LogP contribution in [0.25, 0.3) is 0 Å². The van der Waals surface area contributed by atoms with Crippen molar-refractivity contribution in [3.05, 3.63) is 57.3 Å². The summed E-state index contributed by atoms with van der Waals surface area (Å²) in [5, 5.41) is 12.4. The molecule has 0 aliphatic rings. The fourth-order valence-corrected chi connectivity index (χ4v) is 2.96. The Balaban J connectivity index is 2.07. The molecule has 0 saturated carbocycles. The molecule has 0 radical (unpaired) electrons. The average molecular weight is 246 g/mol. The molecule has 0 bridgehead atoms. The van der Waals surface area contributed by atoms with Crippen molar-refractivity contribution in [2.24, 2.45) is 0 Å². The van der Waals surface area contributed by atoms with E-state index in [2.05, 4.69) is 43.5 Å². The maximum absolute atomic E-state index is 10.3. The highest BCUT2D eigenvalue weighted by Gasteiger charge is 2.12. The highest BCUT2D eigenvalue weighted by atomic mass is 32.1. The van der Waals surface area contributed by atoms with E-state index >= 15 is 0 Å². The Morgan fingerprint density at radius 1 is 1.12 bits per heavy atom. The molecule has 1 nitrogen and oxygen atoms in total. The Bertz CT molecular complexity index is 453. The van der Waals surface area contributed by atoms with Gasteiger partial charge in [0.25, 0.3) is 0 Å². The van der Waals surface area contributed by atoms with Crippen molar-refractivity contribution < 1.29 is 5.11 Å². The van der Waals surface area contributed by atoms with Gasteiger partial charge in [-0.3, -0.25) is 0 Å². The normalized spacial score (nSPS) is 12.6. The SMILES string of the molecule is Cc1cccc(C)c1C(O)CCc1cccs1. The van der Waals surface area contributed by atoms with Gasteiger partial charge in [-0.1, -0.05) is 24.3 Å². The Morgan fingerprint density at radius 2 is 1.82 bits per heavy atom. The van der Waals surface area contributed by atoms with Crippen molar-refractivity contribution in [1.82, 2.24) is 0 Å². The molecule has 0 amide bonds. The molecular formula is C15H18OS. The van der Waals surface area contributed by atoms with Gasteiger partial charge in [-0.25, -0.2) is 0 Å². The van der Waals surface area contributed by atoms with Crippen molar-refractivity contribution >= 4 is 11.3 Å². The molecule has 90 valence electrons. The topological polar surface area (TPSA) is 20.2 Å². The number of hydrogen-bond acceptors (Lipinski definition) is 2. The fraction of sp³-hybridized carbons (Fsp3) is 0.333. The Kier molecular flexibility index (Phi) is 3.97. The lowest BCUT2D eigenvalue weighted by atomic mass is 9.95. The van der Waals surface area contributed by atoms with Gasteiger partial charge in [0.15, 0.2) is 0 Å². The summed E-state index contributed by atoms with van der Waals surface area (Å²) in [6.07, 6.45) is 1.40. The van der Waals surface area contributed by atoms with Gasteiger partial charge < -0.3 is 5.11 Å². The molecule has 1 heterocycles. The van der Waals surface area contributed by atoms with Crippen LogP contribution in [0.4, 0.5) is 0 Å². The van der Waals surface area contributed by atoms with E-state index in [1.807, 2.05) is 6.07 Å². The number of hydrogen-bond donors (Lipinski definition) is 1. The highest BCUT2D eigenvalue weighted by Crippen LogP contribution is 2.26. The van der Waals surface area contributed by atoms with E-state index in [0.29, 0.717) is 0 Å². The van der Waals surface area contributed by atoms with Crippen molar-refractivity contribution in [2.75, 3.05) is 0 Å². The van der Waals surface area contributed by atoms with Crippen molar-refractivity contribution in [2.45, 2.75) is 32.8 Å². The third kappa shape index (κ3) is 2.96. The number of thiophene rings is 1. The van der Waals surface area contributed by atoms with Crippen LogP contribution in [0.3, 0.4) is 0 Å². The first kappa shape index (κ1) is 12.3. The zero-order chi connectivity index (χ0) is 12.3. The third-order valence-corrected chi connectivity index (χ3v) is 4.06. The van der Waals surface area contributed by atoms with Gasteiger partial charge in [0.2, 0.25) is 0 Å². The summed E-state index contributed by atoms with van der Waals surface area (Å²) in [4.78, 5) is 1.34. The second kappa shape index (κ2) is 5.48. The van der Waals surface area contributed by atoms with Crippen LogP contribution in [-0.4, -0.2) is 5.11 Å². The first-order valence-corrected chi connectivity index (χ1v) is 6.83. The van der Waals surface area contributed by atoms with Gasteiger partial charge in [0.05, 0.1) is 6.10 Å². The van der Waals surface area contributed by atoms with E-state index < -0.39 is 0 Å². The molecule has 2 aromatic rings. The molecule has 0 spiro atoms. The van der Waals surface area contributed by atoms with E-state index in [0.717, 1.165) is 18.4 Å². The van der Waals surface area contributed by atoms with Gasteiger partial charge >= 0.3 is 0 Å². The van der Waals surface area contributed by atoms with Gasteiger partial charge in [-0.15, -0.1) is 11.3 Å². The summed E-state index contributed by atoms with van der Waals surface area (Å²) in [5.74, 6) is 0. The summed E-state index contributed by atoms with van der Waals surface area (Å²) in [6.45, 7) is 4.13. The van der Waals surface area contributed by atoms with E-state index in [1.165, 1.54) is 16.0 Å². The van der Waals surface area contributed by atoms with Crippen LogP contribution in [-0.2, 0) is 6.42 Å². The minimum absolute atomic E-state index is 0.349. The average Bonchev–Trinajstić information content (AvgIpc) is 2.79. The summed E-state index contributed by atoms with van der Waals surface area (Å²) < 4.78 is 0. The fourth-order valence-electron chi connectivity index (χ4n) is 2.23. The monoisotopic (exact) mass is 246 g/mol. The number of rotatable bonds is 4. The predicted molar refractivity (Wildman–Crippen MR) is 73.5 cm³/mol. The molecule has 17 heavy (non-hydrogen) atoms. The van der Waals surface area contributed by atoms with E-state index in [1.54, 1.807) is 11.3 Å². The van der Waals surface area contributed by atoms with Gasteiger partial charge in [-0.2, -0.15) is 0 Å². The smallest absolute Gasteiger partial charge is 0.0798 e. The Morgan fingerprint density at radius 3 is 2.41 bits per heavy atom. The Labute approximate surface area is 107 Å². The first-order chi connectivity index (χ1) is 8.18. The Hall–Kier alpha value is -1.12. The molecule has 1 N–H and O–H groups in total. The second-order valence-corrected chi connectivity index (χ2v) is 5.47. The van der Waals surface area contributed by atoms with E-state index in [-0.39, 0.29) is 6.10 Å². The predicted octanol–water partition coefficient (Wildman–Crippen LogP) is 4.03. The van der Waals surface area contributed by atoms with Crippen LogP contribution in [0.2, 0.25) is 0 Å². The van der Waals surface area contributed by atoms with Crippen LogP contribution in [0, 0.1) is 13.8 Å².